The molecule has 34 heavy (non-hydrogen) atoms. The standard InChI is InChI=1S/C25H26N6O2.H2O.H2/c26-16-19-15-18(1-6-24(19)33-22-7-9-27-17-22)23-8-10-28-25(30-23)29-20-2-4-21(5-3-20)31-11-13-32-14-12-31;;/h1-6,8,10,15,22,27H,7,9,11-14,17H2,(H,28,29,30);1H2;1H. The highest BCUT2D eigenvalue weighted by atomic mass is 16.5. The molecule has 2 saturated heterocycles. The van der Waals surface area contributed by atoms with Gasteiger partial charge in [0.1, 0.15) is 17.9 Å². The number of nitrogens with one attached hydrogen (secondary N) is 2. The van der Waals surface area contributed by atoms with E-state index in [2.05, 4.69) is 43.7 Å². The Hall–Kier alpha value is -3.71. The number of nitrogens with zero attached hydrogens (tertiary/aromatic N) is 4. The molecule has 178 valence electrons. The van der Waals surface area contributed by atoms with Gasteiger partial charge in [-0.1, -0.05) is 0 Å². The van der Waals surface area contributed by atoms with Crippen LogP contribution in [0.15, 0.2) is 54.7 Å². The lowest BCUT2D eigenvalue weighted by Crippen LogP contribution is -2.36. The van der Waals surface area contributed by atoms with Gasteiger partial charge in [-0.25, -0.2) is 9.97 Å². The van der Waals surface area contributed by atoms with Gasteiger partial charge in [-0.05, 0) is 61.5 Å². The summed E-state index contributed by atoms with van der Waals surface area (Å²) in [7, 11) is 0. The lowest BCUT2D eigenvalue weighted by Gasteiger charge is -2.28. The molecule has 0 amide bonds. The van der Waals surface area contributed by atoms with E-state index in [4.69, 9.17) is 9.47 Å². The summed E-state index contributed by atoms with van der Waals surface area (Å²) < 4.78 is 11.4. The SMILES string of the molecule is N#Cc1cc(-c2ccnc(Nc3ccc(N4CCOCC4)cc3)n2)ccc1OC1CCNC1.O.[HH]. The zero-order chi connectivity index (χ0) is 22.5. The van der Waals surface area contributed by atoms with Crippen molar-refractivity contribution in [2.45, 2.75) is 12.5 Å². The first-order valence-electron chi connectivity index (χ1n) is 11.2. The fourth-order valence-electron chi connectivity index (χ4n) is 4.07. The second kappa shape index (κ2) is 10.9. The van der Waals surface area contributed by atoms with Gasteiger partial charge in [-0.15, -0.1) is 0 Å². The first kappa shape index (κ1) is 23.4. The lowest BCUT2D eigenvalue weighted by atomic mass is 10.1. The number of anilines is 3. The van der Waals surface area contributed by atoms with Gasteiger partial charge in [0.05, 0.1) is 24.5 Å². The van der Waals surface area contributed by atoms with Crippen molar-refractivity contribution in [1.82, 2.24) is 15.3 Å². The van der Waals surface area contributed by atoms with Gasteiger partial charge in [0.2, 0.25) is 5.95 Å². The quantitative estimate of drug-likeness (QED) is 0.573. The molecular formula is C25H30N6O3. The third kappa shape index (κ3) is 5.43. The first-order valence-corrected chi connectivity index (χ1v) is 11.2. The Balaban J connectivity index is 0.00000171. The highest BCUT2D eigenvalue weighted by Gasteiger charge is 2.18. The van der Waals surface area contributed by atoms with Gasteiger partial charge in [-0.2, -0.15) is 5.26 Å². The fraction of sp³-hybridized carbons (Fsp3) is 0.320. The Morgan fingerprint density at radius 2 is 1.97 bits per heavy atom. The normalized spacial score (nSPS) is 17.5. The topological polar surface area (TPSA) is 127 Å². The molecule has 9 nitrogen and oxygen atoms in total. The van der Waals surface area contributed by atoms with Gasteiger partial charge in [0.15, 0.2) is 0 Å². The van der Waals surface area contributed by atoms with Gasteiger partial charge in [0, 0.05) is 44.2 Å². The van der Waals surface area contributed by atoms with Crippen molar-refractivity contribution in [3.63, 3.8) is 0 Å². The van der Waals surface area contributed by atoms with Gasteiger partial charge in [-0.3, -0.25) is 0 Å². The van der Waals surface area contributed by atoms with E-state index < -0.39 is 0 Å². The van der Waals surface area contributed by atoms with E-state index in [-0.39, 0.29) is 13.0 Å². The Kier molecular flexibility index (Phi) is 7.54. The number of morpholine rings is 1. The predicted octanol–water partition coefficient (Wildman–Crippen LogP) is 2.76. The maximum absolute atomic E-state index is 9.63. The van der Waals surface area contributed by atoms with E-state index >= 15 is 0 Å². The summed E-state index contributed by atoms with van der Waals surface area (Å²) in [6.07, 6.45) is 2.77. The zero-order valence-corrected chi connectivity index (χ0v) is 18.8. The molecule has 1 atom stereocenters. The third-order valence-corrected chi connectivity index (χ3v) is 5.86. The van der Waals surface area contributed by atoms with Crippen molar-refractivity contribution in [1.29, 1.82) is 5.26 Å². The summed E-state index contributed by atoms with van der Waals surface area (Å²) in [6.45, 7) is 5.09. The summed E-state index contributed by atoms with van der Waals surface area (Å²) in [6, 6.07) is 17.9. The molecule has 1 aromatic heterocycles. The van der Waals surface area contributed by atoms with Crippen molar-refractivity contribution < 1.29 is 16.4 Å². The summed E-state index contributed by atoms with van der Waals surface area (Å²) in [5.74, 6) is 1.12. The minimum Gasteiger partial charge on any atom is -0.488 e. The van der Waals surface area contributed by atoms with Crippen LogP contribution in [0, 0.1) is 11.3 Å². The third-order valence-electron chi connectivity index (χ3n) is 5.86. The van der Waals surface area contributed by atoms with Crippen LogP contribution in [-0.2, 0) is 4.74 Å². The van der Waals surface area contributed by atoms with Crippen LogP contribution in [0.25, 0.3) is 11.3 Å². The average molecular weight is 463 g/mol. The smallest absolute Gasteiger partial charge is 0.227 e. The van der Waals surface area contributed by atoms with E-state index in [1.807, 2.05) is 36.4 Å². The molecule has 3 heterocycles. The molecule has 3 aromatic rings. The maximum Gasteiger partial charge on any atom is 0.227 e. The predicted molar refractivity (Wildman–Crippen MR) is 133 cm³/mol. The van der Waals surface area contributed by atoms with Crippen molar-refractivity contribution >= 4 is 17.3 Å². The average Bonchev–Trinajstić information content (AvgIpc) is 3.39. The van der Waals surface area contributed by atoms with E-state index in [0.717, 1.165) is 62.8 Å². The number of rotatable bonds is 6. The first-order chi connectivity index (χ1) is 16.3. The molecular weight excluding hydrogens is 432 g/mol. The van der Waals surface area contributed by atoms with Crippen LogP contribution in [0.3, 0.4) is 0 Å². The van der Waals surface area contributed by atoms with Gasteiger partial charge in [0.25, 0.3) is 0 Å². The number of aromatic nitrogens is 2. The Morgan fingerprint density at radius 1 is 1.15 bits per heavy atom. The molecule has 1 unspecified atom stereocenters. The minimum atomic E-state index is 0. The van der Waals surface area contributed by atoms with Crippen LogP contribution in [0.5, 0.6) is 5.75 Å². The molecule has 0 saturated carbocycles. The molecule has 0 radical (unpaired) electrons. The highest BCUT2D eigenvalue weighted by Crippen LogP contribution is 2.28. The summed E-state index contributed by atoms with van der Waals surface area (Å²) in [5.41, 5.74) is 4.18. The summed E-state index contributed by atoms with van der Waals surface area (Å²) in [4.78, 5) is 11.3. The number of ether oxygens (including phenoxy) is 2. The fourth-order valence-corrected chi connectivity index (χ4v) is 4.07. The molecule has 4 N–H and O–H groups in total. The molecule has 0 spiro atoms. The molecule has 0 bridgehead atoms. The molecule has 2 aliphatic heterocycles. The monoisotopic (exact) mass is 462 g/mol. The highest BCUT2D eigenvalue weighted by molar-refractivity contribution is 5.66. The van der Waals surface area contributed by atoms with Gasteiger partial charge < -0.3 is 30.5 Å². The van der Waals surface area contributed by atoms with Crippen LogP contribution < -0.4 is 20.3 Å². The van der Waals surface area contributed by atoms with Crippen molar-refractivity contribution in [2.24, 2.45) is 0 Å². The molecule has 0 aliphatic carbocycles. The van der Waals surface area contributed by atoms with Crippen LogP contribution in [0.1, 0.15) is 13.4 Å². The van der Waals surface area contributed by atoms with Crippen molar-refractivity contribution in [2.75, 3.05) is 49.6 Å². The largest absolute Gasteiger partial charge is 0.488 e. The van der Waals surface area contributed by atoms with Crippen LogP contribution in [-0.4, -0.2) is 60.9 Å². The van der Waals surface area contributed by atoms with E-state index in [1.165, 1.54) is 5.69 Å². The Bertz CT molecular complexity index is 1140. The van der Waals surface area contributed by atoms with Gasteiger partial charge >= 0.3 is 0 Å². The number of nitriles is 1. The molecule has 2 fully saturated rings. The second-order valence-corrected chi connectivity index (χ2v) is 8.09. The zero-order valence-electron chi connectivity index (χ0n) is 18.8. The number of hydrogen-bond donors (Lipinski definition) is 2. The summed E-state index contributed by atoms with van der Waals surface area (Å²) in [5, 5.41) is 16.2. The second-order valence-electron chi connectivity index (χ2n) is 8.09. The maximum atomic E-state index is 9.63. The molecule has 2 aromatic carbocycles. The van der Waals surface area contributed by atoms with Crippen LogP contribution in [0.2, 0.25) is 0 Å². The van der Waals surface area contributed by atoms with Crippen LogP contribution in [0.4, 0.5) is 17.3 Å². The molecule has 2 aliphatic rings. The Labute approximate surface area is 200 Å². The van der Waals surface area contributed by atoms with E-state index in [1.54, 1.807) is 6.20 Å². The lowest BCUT2D eigenvalue weighted by molar-refractivity contribution is 0.122. The minimum absolute atomic E-state index is 0. The summed E-state index contributed by atoms with van der Waals surface area (Å²) >= 11 is 0. The number of hydrogen-bond acceptors (Lipinski definition) is 8. The molecule has 5 rings (SSSR count). The Morgan fingerprint density at radius 3 is 2.71 bits per heavy atom. The van der Waals surface area contributed by atoms with E-state index in [0.29, 0.717) is 17.3 Å². The van der Waals surface area contributed by atoms with Crippen molar-refractivity contribution in [3.05, 3.63) is 60.3 Å². The molecule has 9 heteroatoms. The number of benzene rings is 2. The van der Waals surface area contributed by atoms with Crippen LogP contribution >= 0.6 is 0 Å². The van der Waals surface area contributed by atoms with Crippen molar-refractivity contribution in [3.8, 4) is 23.1 Å². The van der Waals surface area contributed by atoms with E-state index in [9.17, 15) is 5.26 Å².